The van der Waals surface area contributed by atoms with Gasteiger partial charge in [0.15, 0.2) is 0 Å². The SMILES string of the molecule is CC(C)(C)OC(=O)C(C)(C)O/N=C(\C(=O)O)c1cnn(NC(c2ccccc2)(c2ccccc2)c2ccccc2)n1. The largest absolute Gasteiger partial charge is 0.476 e. The van der Waals surface area contributed by atoms with Gasteiger partial charge in [-0.25, -0.2) is 9.59 Å². The molecular formula is C31H33N5O5. The van der Waals surface area contributed by atoms with E-state index in [4.69, 9.17) is 9.57 Å². The second-order valence-corrected chi connectivity index (χ2v) is 10.8. The maximum absolute atomic E-state index is 12.6. The maximum Gasteiger partial charge on any atom is 0.360 e. The first-order valence-corrected chi connectivity index (χ1v) is 13.0. The fourth-order valence-electron chi connectivity index (χ4n) is 4.13. The highest BCUT2D eigenvalue weighted by Crippen LogP contribution is 2.37. The summed E-state index contributed by atoms with van der Waals surface area (Å²) in [5, 5.41) is 22.4. The van der Waals surface area contributed by atoms with Gasteiger partial charge >= 0.3 is 11.9 Å². The summed E-state index contributed by atoms with van der Waals surface area (Å²) in [6.07, 6.45) is 1.26. The molecule has 0 aliphatic carbocycles. The molecule has 2 N–H and O–H groups in total. The Hall–Kier alpha value is -4.99. The Morgan fingerprint density at radius 1 is 0.805 bits per heavy atom. The Morgan fingerprint density at radius 3 is 1.68 bits per heavy atom. The maximum atomic E-state index is 12.6. The summed E-state index contributed by atoms with van der Waals surface area (Å²) in [7, 11) is 0. The van der Waals surface area contributed by atoms with Crippen LogP contribution in [0.25, 0.3) is 0 Å². The Bertz CT molecular complexity index is 1410. The molecule has 212 valence electrons. The molecule has 0 aliphatic heterocycles. The molecular weight excluding hydrogens is 522 g/mol. The van der Waals surface area contributed by atoms with Gasteiger partial charge < -0.3 is 14.7 Å². The Labute approximate surface area is 238 Å². The van der Waals surface area contributed by atoms with E-state index in [9.17, 15) is 14.7 Å². The summed E-state index contributed by atoms with van der Waals surface area (Å²) in [5.41, 5.74) is 2.27. The second-order valence-electron chi connectivity index (χ2n) is 10.8. The fourth-order valence-corrected chi connectivity index (χ4v) is 4.13. The Balaban J connectivity index is 1.74. The van der Waals surface area contributed by atoms with E-state index in [0.29, 0.717) is 0 Å². The molecule has 4 aromatic rings. The minimum Gasteiger partial charge on any atom is -0.476 e. The van der Waals surface area contributed by atoms with Crippen LogP contribution < -0.4 is 5.43 Å². The number of oxime groups is 1. The van der Waals surface area contributed by atoms with E-state index in [2.05, 4.69) is 20.8 Å². The lowest BCUT2D eigenvalue weighted by Crippen LogP contribution is -2.44. The number of rotatable bonds is 10. The number of carbonyl (C=O) groups is 2. The molecule has 4 rings (SSSR count). The van der Waals surface area contributed by atoms with Crippen molar-refractivity contribution < 1.29 is 24.3 Å². The van der Waals surface area contributed by atoms with Gasteiger partial charge in [0.2, 0.25) is 11.3 Å². The van der Waals surface area contributed by atoms with Crippen molar-refractivity contribution in [2.45, 2.75) is 51.4 Å². The minimum absolute atomic E-state index is 0.0759. The molecule has 0 spiro atoms. The zero-order valence-electron chi connectivity index (χ0n) is 23.6. The van der Waals surface area contributed by atoms with Crippen LogP contribution >= 0.6 is 0 Å². The number of nitrogens with one attached hydrogen (secondary N) is 1. The predicted octanol–water partition coefficient (Wildman–Crippen LogP) is 4.74. The molecule has 0 aliphatic rings. The van der Waals surface area contributed by atoms with Gasteiger partial charge in [-0.05, 0) is 51.3 Å². The van der Waals surface area contributed by atoms with Crippen LogP contribution in [0.2, 0.25) is 0 Å². The molecule has 0 radical (unpaired) electrons. The van der Waals surface area contributed by atoms with Crippen molar-refractivity contribution in [1.29, 1.82) is 0 Å². The summed E-state index contributed by atoms with van der Waals surface area (Å²) < 4.78 is 5.36. The van der Waals surface area contributed by atoms with Gasteiger partial charge in [-0.2, -0.15) is 0 Å². The van der Waals surface area contributed by atoms with Crippen molar-refractivity contribution in [2.75, 3.05) is 5.43 Å². The number of aromatic nitrogens is 3. The minimum atomic E-state index is -1.55. The first-order valence-electron chi connectivity index (χ1n) is 13.0. The normalized spacial score (nSPS) is 12.5. The Morgan fingerprint density at radius 2 is 1.27 bits per heavy atom. The predicted molar refractivity (Wildman–Crippen MR) is 154 cm³/mol. The number of aliphatic carboxylic acids is 1. The number of carboxylic acid groups (broad SMARTS) is 1. The number of hydrogen-bond acceptors (Lipinski definition) is 8. The zero-order chi connectivity index (χ0) is 29.7. The third-order valence-corrected chi connectivity index (χ3v) is 6.08. The van der Waals surface area contributed by atoms with Crippen molar-refractivity contribution in [1.82, 2.24) is 15.1 Å². The molecule has 1 heterocycles. The summed E-state index contributed by atoms with van der Waals surface area (Å²) in [4.78, 5) is 31.3. The van der Waals surface area contributed by atoms with Gasteiger partial charge in [0, 0.05) is 0 Å². The number of benzene rings is 3. The van der Waals surface area contributed by atoms with Gasteiger partial charge in [0.25, 0.3) is 0 Å². The quantitative estimate of drug-likeness (QED) is 0.124. The third-order valence-electron chi connectivity index (χ3n) is 6.08. The number of carboxylic acids is 1. The smallest absolute Gasteiger partial charge is 0.360 e. The van der Waals surface area contributed by atoms with Crippen molar-refractivity contribution in [2.24, 2.45) is 5.16 Å². The molecule has 0 fully saturated rings. The van der Waals surface area contributed by atoms with Crippen LogP contribution in [0.5, 0.6) is 0 Å². The number of ether oxygens (including phenoxy) is 1. The van der Waals surface area contributed by atoms with Crippen LogP contribution in [0, 0.1) is 0 Å². The molecule has 0 atom stereocenters. The van der Waals surface area contributed by atoms with Crippen molar-refractivity contribution in [3.8, 4) is 0 Å². The summed E-state index contributed by atoms with van der Waals surface area (Å²) in [6, 6.07) is 29.4. The zero-order valence-corrected chi connectivity index (χ0v) is 23.6. The molecule has 10 nitrogen and oxygen atoms in total. The van der Waals surface area contributed by atoms with Crippen LogP contribution in [0.1, 0.15) is 57.0 Å². The average Bonchev–Trinajstić information content (AvgIpc) is 3.40. The molecule has 41 heavy (non-hydrogen) atoms. The molecule has 3 aromatic carbocycles. The van der Waals surface area contributed by atoms with E-state index in [-0.39, 0.29) is 5.69 Å². The standard InChI is InChI=1S/C31H33N5O5/c1-29(2,3)40-28(39)30(4,5)41-34-26(27(37)38)25-21-32-36(33-25)35-31(22-15-9-6-10-16-22,23-17-11-7-12-18-23)24-19-13-8-14-20-24/h6-21,35H,1-5H3,(H,37,38)/b34-26-. The molecule has 0 amide bonds. The average molecular weight is 556 g/mol. The molecule has 0 unspecified atom stereocenters. The van der Waals surface area contributed by atoms with Crippen molar-refractivity contribution in [3.05, 3.63) is 120 Å². The van der Waals surface area contributed by atoms with Crippen molar-refractivity contribution >= 4 is 17.7 Å². The molecule has 1 aromatic heterocycles. The molecule has 0 saturated carbocycles. The highest BCUT2D eigenvalue weighted by molar-refractivity contribution is 6.41. The Kier molecular flexibility index (Phi) is 8.23. The van der Waals surface area contributed by atoms with Gasteiger partial charge in [0.05, 0.1) is 6.20 Å². The first-order chi connectivity index (χ1) is 19.4. The monoisotopic (exact) mass is 555 g/mol. The first kappa shape index (κ1) is 29.0. The number of esters is 1. The van der Waals surface area contributed by atoms with Gasteiger partial charge in [0.1, 0.15) is 16.8 Å². The van der Waals surface area contributed by atoms with Gasteiger partial charge in [-0.15, -0.1) is 10.2 Å². The summed E-state index contributed by atoms with van der Waals surface area (Å²) in [6.45, 7) is 8.04. The summed E-state index contributed by atoms with van der Waals surface area (Å²) in [5.74, 6) is -2.10. The van der Waals surface area contributed by atoms with Gasteiger partial charge in [-0.3, -0.25) is 5.43 Å². The molecule has 0 bridgehead atoms. The number of hydrogen-bond donors (Lipinski definition) is 2. The van der Waals surface area contributed by atoms with E-state index in [1.165, 1.54) is 24.9 Å². The third kappa shape index (κ3) is 6.60. The van der Waals surface area contributed by atoms with E-state index >= 15 is 0 Å². The van der Waals surface area contributed by atoms with Crippen LogP contribution in [0.4, 0.5) is 0 Å². The van der Waals surface area contributed by atoms with E-state index < -0.39 is 34.4 Å². The molecule has 0 saturated heterocycles. The lowest BCUT2D eigenvalue weighted by Gasteiger charge is -2.36. The van der Waals surface area contributed by atoms with E-state index in [0.717, 1.165) is 16.7 Å². The number of nitrogens with zero attached hydrogens (tertiary/aromatic N) is 4. The lowest BCUT2D eigenvalue weighted by molar-refractivity contribution is -0.179. The highest BCUT2D eigenvalue weighted by atomic mass is 16.7. The van der Waals surface area contributed by atoms with Crippen LogP contribution in [-0.2, 0) is 24.7 Å². The lowest BCUT2D eigenvalue weighted by atomic mass is 9.77. The van der Waals surface area contributed by atoms with Crippen LogP contribution in [0.15, 0.2) is 102 Å². The summed E-state index contributed by atoms with van der Waals surface area (Å²) >= 11 is 0. The topological polar surface area (TPSA) is 128 Å². The fraction of sp³-hybridized carbons (Fsp3) is 0.258. The van der Waals surface area contributed by atoms with E-state index in [1.54, 1.807) is 20.8 Å². The second kappa shape index (κ2) is 11.6. The van der Waals surface area contributed by atoms with Gasteiger partial charge in [-0.1, -0.05) is 101 Å². The van der Waals surface area contributed by atoms with E-state index in [1.807, 2.05) is 91.0 Å². The highest BCUT2D eigenvalue weighted by Gasteiger charge is 2.38. The van der Waals surface area contributed by atoms with Crippen LogP contribution in [0.3, 0.4) is 0 Å². The van der Waals surface area contributed by atoms with Crippen LogP contribution in [-0.4, -0.2) is 49.1 Å². The van der Waals surface area contributed by atoms with Crippen molar-refractivity contribution in [3.63, 3.8) is 0 Å². The molecule has 10 heteroatoms. The number of carbonyl (C=O) groups excluding carboxylic acids is 1.